The number of hydrogen-bond acceptors (Lipinski definition) is 6. The van der Waals surface area contributed by atoms with Crippen molar-refractivity contribution < 1.29 is 14.5 Å². The third kappa shape index (κ3) is 4.05. The van der Waals surface area contributed by atoms with Crippen molar-refractivity contribution in [3.8, 4) is 5.69 Å². The number of H-pyrrole nitrogens is 1. The van der Waals surface area contributed by atoms with Gasteiger partial charge in [-0.15, -0.1) is 0 Å². The number of carbonyl (C=O) groups excluding carboxylic acids is 1. The minimum atomic E-state index is -0.531. The molecule has 10 nitrogen and oxygen atoms in total. The number of anilines is 2. The van der Waals surface area contributed by atoms with Gasteiger partial charge in [-0.2, -0.15) is 0 Å². The number of aromatic nitrogens is 2. The number of hydrogen-bond donors (Lipinski definition) is 2. The van der Waals surface area contributed by atoms with E-state index in [2.05, 4.69) is 10.3 Å². The van der Waals surface area contributed by atoms with Gasteiger partial charge in [0.1, 0.15) is 0 Å². The fourth-order valence-corrected chi connectivity index (χ4v) is 3.62. The van der Waals surface area contributed by atoms with Gasteiger partial charge < -0.3 is 19.9 Å². The Morgan fingerprint density at radius 1 is 1.16 bits per heavy atom. The van der Waals surface area contributed by atoms with Gasteiger partial charge in [-0.1, -0.05) is 12.1 Å². The highest BCUT2D eigenvalue weighted by atomic mass is 16.6. The molecule has 1 fully saturated rings. The lowest BCUT2D eigenvalue weighted by Gasteiger charge is -2.30. The molecule has 0 radical (unpaired) electrons. The van der Waals surface area contributed by atoms with Crippen LogP contribution in [-0.2, 0) is 4.74 Å². The highest BCUT2D eigenvalue weighted by Crippen LogP contribution is 2.28. The maximum absolute atomic E-state index is 13.3. The fraction of sp³-hybridized carbons (Fsp3) is 0.238. The van der Waals surface area contributed by atoms with E-state index >= 15 is 0 Å². The third-order valence-corrected chi connectivity index (χ3v) is 5.14. The summed E-state index contributed by atoms with van der Waals surface area (Å²) in [6, 6.07) is 11.1. The molecule has 0 saturated carbocycles. The maximum atomic E-state index is 13.3. The van der Waals surface area contributed by atoms with E-state index in [4.69, 9.17) is 4.74 Å². The number of nitrogens with zero attached hydrogens (tertiary/aromatic N) is 3. The summed E-state index contributed by atoms with van der Waals surface area (Å²) in [5, 5.41) is 14.1. The fourth-order valence-electron chi connectivity index (χ4n) is 3.62. The predicted molar refractivity (Wildman–Crippen MR) is 115 cm³/mol. The quantitative estimate of drug-likeness (QED) is 0.480. The molecule has 160 valence electrons. The monoisotopic (exact) mass is 423 g/mol. The second-order valence-corrected chi connectivity index (χ2v) is 7.10. The molecule has 4 rings (SSSR count). The van der Waals surface area contributed by atoms with Gasteiger partial charge in [0.25, 0.3) is 11.6 Å². The molecular weight excluding hydrogens is 402 g/mol. The largest absolute Gasteiger partial charge is 0.378 e. The number of rotatable bonds is 5. The van der Waals surface area contributed by atoms with Gasteiger partial charge in [-0.05, 0) is 25.1 Å². The summed E-state index contributed by atoms with van der Waals surface area (Å²) >= 11 is 0. The van der Waals surface area contributed by atoms with Crippen LogP contribution >= 0.6 is 0 Å². The summed E-state index contributed by atoms with van der Waals surface area (Å²) in [5.41, 5.74) is 1.87. The standard InChI is InChI=1S/C21H21N5O5/c1-14-13-22-21(28)25(14)19-5-3-2-4-17(19)23-20(27)16-12-15(26(29)30)6-7-18(16)24-8-10-31-11-9-24/h2-7,12-13H,8-11H2,1H3,(H,22,28)(H,23,27). The first kappa shape index (κ1) is 20.4. The lowest BCUT2D eigenvalue weighted by Crippen LogP contribution is -2.37. The van der Waals surface area contributed by atoms with E-state index in [1.54, 1.807) is 43.5 Å². The van der Waals surface area contributed by atoms with Crippen LogP contribution in [0.3, 0.4) is 0 Å². The van der Waals surface area contributed by atoms with Gasteiger partial charge in [0.2, 0.25) is 0 Å². The highest BCUT2D eigenvalue weighted by Gasteiger charge is 2.23. The Labute approximate surface area is 177 Å². The number of aryl methyl sites for hydroxylation is 1. The third-order valence-electron chi connectivity index (χ3n) is 5.14. The number of ether oxygens (including phenoxy) is 1. The van der Waals surface area contributed by atoms with Crippen LogP contribution in [0, 0.1) is 17.0 Å². The Hall–Kier alpha value is -3.92. The summed E-state index contributed by atoms with van der Waals surface area (Å²) in [6.07, 6.45) is 1.58. The Morgan fingerprint density at radius 3 is 2.58 bits per heavy atom. The number of morpholine rings is 1. The first-order chi connectivity index (χ1) is 15.0. The molecule has 2 aromatic carbocycles. The summed E-state index contributed by atoms with van der Waals surface area (Å²) in [7, 11) is 0. The van der Waals surface area contributed by atoms with Crippen LogP contribution in [0.2, 0.25) is 0 Å². The van der Waals surface area contributed by atoms with Gasteiger partial charge in [-0.3, -0.25) is 19.5 Å². The molecule has 31 heavy (non-hydrogen) atoms. The van der Waals surface area contributed by atoms with Crippen LogP contribution in [0.1, 0.15) is 16.1 Å². The Bertz CT molecular complexity index is 1190. The molecule has 0 unspecified atom stereocenters. The number of non-ortho nitro benzene ring substituents is 1. The number of nitro benzene ring substituents is 1. The van der Waals surface area contributed by atoms with E-state index in [1.807, 2.05) is 4.90 Å². The molecule has 1 saturated heterocycles. The number of imidazole rings is 1. The molecule has 0 atom stereocenters. The van der Waals surface area contributed by atoms with Crippen LogP contribution < -0.4 is 15.9 Å². The Kier molecular flexibility index (Phi) is 5.54. The van der Waals surface area contributed by atoms with Crippen LogP contribution in [-0.4, -0.2) is 46.7 Å². The predicted octanol–water partition coefficient (Wildman–Crippen LogP) is 2.47. The molecule has 0 spiro atoms. The van der Waals surface area contributed by atoms with Crippen molar-refractivity contribution >= 4 is 23.0 Å². The van der Waals surface area contributed by atoms with E-state index in [0.717, 1.165) is 0 Å². The number of amides is 1. The van der Waals surface area contributed by atoms with Crippen molar-refractivity contribution in [2.75, 3.05) is 36.5 Å². The molecule has 2 N–H and O–H groups in total. The van der Waals surface area contributed by atoms with Gasteiger partial charge in [0.05, 0.1) is 40.8 Å². The van der Waals surface area contributed by atoms with Crippen LogP contribution in [0.4, 0.5) is 17.1 Å². The van der Waals surface area contributed by atoms with Crippen LogP contribution in [0.25, 0.3) is 5.69 Å². The number of carbonyl (C=O) groups is 1. The minimum Gasteiger partial charge on any atom is -0.378 e. The van der Waals surface area contributed by atoms with E-state index in [1.165, 1.54) is 16.7 Å². The molecular formula is C21H21N5O5. The van der Waals surface area contributed by atoms with Crippen molar-refractivity contribution in [2.45, 2.75) is 6.92 Å². The van der Waals surface area contributed by atoms with Gasteiger partial charge in [0, 0.05) is 37.1 Å². The topological polar surface area (TPSA) is 122 Å². The molecule has 10 heteroatoms. The zero-order chi connectivity index (χ0) is 22.0. The summed E-state index contributed by atoms with van der Waals surface area (Å²) in [4.78, 5) is 40.8. The SMILES string of the molecule is Cc1c[nH]c(=O)n1-c1ccccc1NC(=O)c1cc([N+](=O)[O-])ccc1N1CCOCC1. The first-order valence-corrected chi connectivity index (χ1v) is 9.74. The zero-order valence-corrected chi connectivity index (χ0v) is 16.8. The first-order valence-electron chi connectivity index (χ1n) is 9.74. The van der Waals surface area contributed by atoms with Gasteiger partial charge in [-0.25, -0.2) is 4.79 Å². The Morgan fingerprint density at radius 2 is 1.90 bits per heavy atom. The number of benzene rings is 2. The highest BCUT2D eigenvalue weighted by molar-refractivity contribution is 6.09. The average Bonchev–Trinajstić information content (AvgIpc) is 3.12. The summed E-state index contributed by atoms with van der Waals surface area (Å²) in [6.45, 7) is 3.94. The minimum absolute atomic E-state index is 0.173. The lowest BCUT2D eigenvalue weighted by molar-refractivity contribution is -0.384. The second-order valence-electron chi connectivity index (χ2n) is 7.10. The van der Waals surface area contributed by atoms with E-state index in [-0.39, 0.29) is 16.9 Å². The van der Waals surface area contributed by atoms with Crippen LogP contribution in [0.5, 0.6) is 0 Å². The normalized spacial score (nSPS) is 13.8. The van der Waals surface area contributed by atoms with E-state index in [9.17, 15) is 19.7 Å². The molecule has 3 aromatic rings. The van der Waals surface area contributed by atoms with Gasteiger partial charge in [0.15, 0.2) is 0 Å². The van der Waals surface area contributed by atoms with Crippen molar-refractivity contribution in [1.29, 1.82) is 0 Å². The Balaban J connectivity index is 1.73. The molecule has 1 aliphatic rings. The van der Waals surface area contributed by atoms with Crippen LogP contribution in [0.15, 0.2) is 53.5 Å². The molecule has 0 bridgehead atoms. The molecule has 2 heterocycles. The number of para-hydroxylation sites is 2. The van der Waals surface area contributed by atoms with Crippen molar-refractivity contribution in [1.82, 2.24) is 9.55 Å². The lowest BCUT2D eigenvalue weighted by atomic mass is 10.1. The number of aromatic amines is 1. The number of nitro groups is 1. The molecule has 1 aliphatic heterocycles. The number of nitrogens with one attached hydrogen (secondary N) is 2. The maximum Gasteiger partial charge on any atom is 0.330 e. The van der Waals surface area contributed by atoms with Crippen molar-refractivity contribution in [3.05, 3.63) is 80.5 Å². The van der Waals surface area contributed by atoms with E-state index in [0.29, 0.717) is 49.1 Å². The van der Waals surface area contributed by atoms with Crippen molar-refractivity contribution in [2.24, 2.45) is 0 Å². The van der Waals surface area contributed by atoms with E-state index < -0.39 is 10.8 Å². The zero-order valence-electron chi connectivity index (χ0n) is 16.8. The molecule has 1 aromatic heterocycles. The molecule has 0 aliphatic carbocycles. The van der Waals surface area contributed by atoms with Gasteiger partial charge >= 0.3 is 5.69 Å². The molecule has 1 amide bonds. The average molecular weight is 423 g/mol. The second kappa shape index (κ2) is 8.44. The summed E-state index contributed by atoms with van der Waals surface area (Å²) < 4.78 is 6.82. The summed E-state index contributed by atoms with van der Waals surface area (Å²) in [5.74, 6) is -0.501. The smallest absolute Gasteiger partial charge is 0.330 e. The van der Waals surface area contributed by atoms with Crippen molar-refractivity contribution in [3.63, 3.8) is 0 Å².